The fraction of sp³-hybridized carbons (Fsp3) is 0.200. The number of aromatic nitrogens is 3. The van der Waals surface area contributed by atoms with Gasteiger partial charge in [-0.2, -0.15) is 0 Å². The first-order valence-electron chi connectivity index (χ1n) is 5.27. The standard InChI is InChI=1S/C10H12FN5O2S/c1-16-6-14-15-10(16)5-13-9-3-2-7(4-8(9)11)19(12,17)18/h2-4,6,13H,5H2,1H3,(H2,12,17,18). The molecule has 0 aliphatic rings. The van der Waals surface area contributed by atoms with Gasteiger partial charge in [-0.05, 0) is 18.2 Å². The van der Waals surface area contributed by atoms with Crippen LogP contribution in [0.4, 0.5) is 10.1 Å². The summed E-state index contributed by atoms with van der Waals surface area (Å²) in [6.07, 6.45) is 1.53. The molecule has 102 valence electrons. The molecule has 0 spiro atoms. The maximum atomic E-state index is 13.7. The topological polar surface area (TPSA) is 103 Å². The van der Waals surface area contributed by atoms with Crippen LogP contribution in [-0.2, 0) is 23.6 Å². The van der Waals surface area contributed by atoms with Crippen LogP contribution in [-0.4, -0.2) is 23.2 Å². The summed E-state index contributed by atoms with van der Waals surface area (Å²) in [5, 5.41) is 15.2. The van der Waals surface area contributed by atoms with Crippen LogP contribution in [0.15, 0.2) is 29.4 Å². The summed E-state index contributed by atoms with van der Waals surface area (Å²) in [6, 6.07) is 3.41. The van der Waals surface area contributed by atoms with E-state index in [0.29, 0.717) is 5.82 Å². The molecule has 0 atom stereocenters. The summed E-state index contributed by atoms with van der Waals surface area (Å²) in [6.45, 7) is 0.266. The van der Waals surface area contributed by atoms with Gasteiger partial charge in [-0.3, -0.25) is 0 Å². The van der Waals surface area contributed by atoms with E-state index in [-0.39, 0.29) is 17.1 Å². The zero-order valence-electron chi connectivity index (χ0n) is 10.0. The summed E-state index contributed by atoms with van der Waals surface area (Å²) in [7, 11) is -2.14. The molecule has 1 heterocycles. The van der Waals surface area contributed by atoms with Crippen LogP contribution < -0.4 is 10.5 Å². The Kier molecular flexibility index (Phi) is 3.49. The molecule has 2 aromatic rings. The Balaban J connectivity index is 2.16. The molecular formula is C10H12FN5O2S. The Morgan fingerprint density at radius 3 is 2.74 bits per heavy atom. The molecule has 1 aromatic carbocycles. The first kappa shape index (κ1) is 13.4. The second-order valence-electron chi connectivity index (χ2n) is 3.90. The van der Waals surface area contributed by atoms with Crippen LogP contribution in [0.2, 0.25) is 0 Å². The van der Waals surface area contributed by atoms with Crippen molar-refractivity contribution in [2.24, 2.45) is 12.2 Å². The molecule has 19 heavy (non-hydrogen) atoms. The van der Waals surface area contributed by atoms with Gasteiger partial charge in [0, 0.05) is 7.05 Å². The second kappa shape index (κ2) is 4.94. The maximum absolute atomic E-state index is 13.7. The van der Waals surface area contributed by atoms with E-state index in [1.54, 1.807) is 11.6 Å². The number of nitrogens with zero attached hydrogens (tertiary/aromatic N) is 3. The number of primary sulfonamides is 1. The van der Waals surface area contributed by atoms with Gasteiger partial charge in [0.2, 0.25) is 10.0 Å². The molecule has 0 saturated heterocycles. The van der Waals surface area contributed by atoms with E-state index < -0.39 is 15.8 Å². The zero-order valence-corrected chi connectivity index (χ0v) is 10.9. The van der Waals surface area contributed by atoms with E-state index in [0.717, 1.165) is 6.07 Å². The van der Waals surface area contributed by atoms with E-state index in [9.17, 15) is 12.8 Å². The predicted molar refractivity (Wildman–Crippen MR) is 66.1 cm³/mol. The molecule has 0 unspecified atom stereocenters. The number of halogens is 1. The van der Waals surface area contributed by atoms with Crippen molar-refractivity contribution in [3.8, 4) is 0 Å². The van der Waals surface area contributed by atoms with Crippen LogP contribution in [0.3, 0.4) is 0 Å². The molecule has 0 bridgehead atoms. The number of nitrogens with two attached hydrogens (primary N) is 1. The van der Waals surface area contributed by atoms with Gasteiger partial charge in [-0.25, -0.2) is 17.9 Å². The normalized spacial score (nSPS) is 11.5. The third kappa shape index (κ3) is 3.06. The van der Waals surface area contributed by atoms with Crippen molar-refractivity contribution in [1.29, 1.82) is 0 Å². The molecule has 0 aliphatic carbocycles. The van der Waals surface area contributed by atoms with Crippen molar-refractivity contribution in [1.82, 2.24) is 14.8 Å². The maximum Gasteiger partial charge on any atom is 0.238 e. The molecule has 3 N–H and O–H groups in total. The molecular weight excluding hydrogens is 273 g/mol. The molecule has 0 saturated carbocycles. The number of benzene rings is 1. The highest BCUT2D eigenvalue weighted by atomic mass is 32.2. The van der Waals surface area contributed by atoms with Gasteiger partial charge in [0.1, 0.15) is 12.1 Å². The average Bonchev–Trinajstić information content (AvgIpc) is 2.72. The van der Waals surface area contributed by atoms with Gasteiger partial charge >= 0.3 is 0 Å². The van der Waals surface area contributed by atoms with Crippen LogP contribution in [0.5, 0.6) is 0 Å². The largest absolute Gasteiger partial charge is 0.375 e. The van der Waals surface area contributed by atoms with Crippen LogP contribution in [0.25, 0.3) is 0 Å². The molecule has 0 fully saturated rings. The number of nitrogens with one attached hydrogen (secondary N) is 1. The molecule has 0 aliphatic heterocycles. The highest BCUT2D eigenvalue weighted by Crippen LogP contribution is 2.18. The van der Waals surface area contributed by atoms with E-state index in [1.807, 2.05) is 0 Å². The van der Waals surface area contributed by atoms with E-state index in [4.69, 9.17) is 5.14 Å². The minimum absolute atomic E-state index is 0.162. The van der Waals surface area contributed by atoms with E-state index in [2.05, 4.69) is 15.5 Å². The number of sulfonamides is 1. The second-order valence-corrected chi connectivity index (χ2v) is 5.46. The Morgan fingerprint density at radius 2 is 2.21 bits per heavy atom. The monoisotopic (exact) mass is 285 g/mol. The van der Waals surface area contributed by atoms with Crippen LogP contribution >= 0.6 is 0 Å². The van der Waals surface area contributed by atoms with Gasteiger partial charge in [-0.1, -0.05) is 0 Å². The first-order valence-corrected chi connectivity index (χ1v) is 6.81. The summed E-state index contributed by atoms with van der Waals surface area (Å²) < 4.78 is 37.5. The SMILES string of the molecule is Cn1cnnc1CNc1ccc(S(N)(=O)=O)cc1F. The first-order chi connectivity index (χ1) is 8.88. The summed E-state index contributed by atoms with van der Waals surface area (Å²) in [5.41, 5.74) is 0.162. The Labute approximate surface area is 109 Å². The van der Waals surface area contributed by atoms with Crippen LogP contribution in [0.1, 0.15) is 5.82 Å². The van der Waals surface area contributed by atoms with Crippen molar-refractivity contribution in [3.63, 3.8) is 0 Å². The Hall–Kier alpha value is -2.00. The third-order valence-electron chi connectivity index (χ3n) is 2.51. The van der Waals surface area contributed by atoms with Gasteiger partial charge < -0.3 is 9.88 Å². The van der Waals surface area contributed by atoms with E-state index >= 15 is 0 Å². The van der Waals surface area contributed by atoms with Crippen LogP contribution in [0, 0.1) is 5.82 Å². The van der Waals surface area contributed by atoms with Gasteiger partial charge in [0.05, 0.1) is 17.1 Å². The molecule has 2 rings (SSSR count). The number of anilines is 1. The average molecular weight is 285 g/mol. The lowest BCUT2D eigenvalue weighted by atomic mass is 10.3. The molecule has 1 aromatic heterocycles. The highest BCUT2D eigenvalue weighted by Gasteiger charge is 2.11. The Morgan fingerprint density at radius 1 is 1.47 bits per heavy atom. The lowest BCUT2D eigenvalue weighted by molar-refractivity contribution is 0.592. The molecule has 0 radical (unpaired) electrons. The molecule has 9 heteroatoms. The number of aryl methyl sites for hydroxylation is 1. The zero-order chi connectivity index (χ0) is 14.0. The fourth-order valence-electron chi connectivity index (χ4n) is 1.46. The molecule has 0 amide bonds. The van der Waals surface area contributed by atoms with Gasteiger partial charge in [0.15, 0.2) is 5.82 Å². The summed E-state index contributed by atoms with van der Waals surface area (Å²) in [5.74, 6) is -0.0800. The number of rotatable bonds is 4. The number of hydrogen-bond acceptors (Lipinski definition) is 5. The summed E-state index contributed by atoms with van der Waals surface area (Å²) >= 11 is 0. The van der Waals surface area contributed by atoms with Crippen molar-refractivity contribution >= 4 is 15.7 Å². The minimum Gasteiger partial charge on any atom is -0.375 e. The smallest absolute Gasteiger partial charge is 0.238 e. The van der Waals surface area contributed by atoms with Gasteiger partial charge in [0.25, 0.3) is 0 Å². The lowest BCUT2D eigenvalue weighted by Gasteiger charge is -2.08. The quantitative estimate of drug-likeness (QED) is 0.836. The van der Waals surface area contributed by atoms with Gasteiger partial charge in [-0.15, -0.1) is 10.2 Å². The predicted octanol–water partition coefficient (Wildman–Crippen LogP) is 0.214. The molecule has 7 nitrogen and oxygen atoms in total. The minimum atomic E-state index is -3.90. The Bertz CT molecular complexity index is 698. The number of hydrogen-bond donors (Lipinski definition) is 2. The summed E-state index contributed by atoms with van der Waals surface area (Å²) in [4.78, 5) is -0.269. The van der Waals surface area contributed by atoms with Crippen molar-refractivity contribution < 1.29 is 12.8 Å². The fourth-order valence-corrected chi connectivity index (χ4v) is 1.98. The van der Waals surface area contributed by atoms with Crippen molar-refractivity contribution in [3.05, 3.63) is 36.2 Å². The van der Waals surface area contributed by atoms with E-state index in [1.165, 1.54) is 18.5 Å². The van der Waals surface area contributed by atoms with Crippen molar-refractivity contribution in [2.75, 3.05) is 5.32 Å². The third-order valence-corrected chi connectivity index (χ3v) is 3.42. The highest BCUT2D eigenvalue weighted by molar-refractivity contribution is 7.89. The lowest BCUT2D eigenvalue weighted by Crippen LogP contribution is -2.13. The van der Waals surface area contributed by atoms with Crippen molar-refractivity contribution in [2.45, 2.75) is 11.4 Å².